The van der Waals surface area contributed by atoms with Crippen LogP contribution >= 0.6 is 23.2 Å². The molecule has 0 spiro atoms. The Kier molecular flexibility index (Phi) is 4.40. The van der Waals surface area contributed by atoms with Crippen molar-refractivity contribution in [2.75, 3.05) is 0 Å². The molecule has 2 rings (SSSR count). The van der Waals surface area contributed by atoms with E-state index >= 15 is 0 Å². The number of nitrogens with zero attached hydrogens (tertiary/aromatic N) is 1. The Morgan fingerprint density at radius 3 is 2.63 bits per heavy atom. The molecule has 0 saturated carbocycles. The van der Waals surface area contributed by atoms with Crippen LogP contribution in [0.3, 0.4) is 0 Å². The Balaban J connectivity index is 2.05. The average molecular weight is 295 g/mol. The third-order valence-corrected chi connectivity index (χ3v) is 3.15. The van der Waals surface area contributed by atoms with Crippen LogP contribution in [0.2, 0.25) is 10.2 Å². The summed E-state index contributed by atoms with van der Waals surface area (Å²) in [6.45, 7) is 2.45. The molecule has 0 unspecified atom stereocenters. The topological polar surface area (TPSA) is 42.0 Å². The molecule has 0 fully saturated rings. The van der Waals surface area contributed by atoms with E-state index in [9.17, 15) is 4.79 Å². The number of halogens is 2. The molecule has 0 aliphatic rings. The van der Waals surface area contributed by atoms with Gasteiger partial charge in [0.1, 0.15) is 5.15 Å². The lowest BCUT2D eigenvalue weighted by Crippen LogP contribution is -2.23. The minimum atomic E-state index is -0.269. The van der Waals surface area contributed by atoms with Crippen molar-refractivity contribution in [3.05, 3.63) is 63.4 Å². The molecule has 2 aromatic rings. The summed E-state index contributed by atoms with van der Waals surface area (Å²) in [4.78, 5) is 15.8. The normalized spacial score (nSPS) is 10.3. The van der Waals surface area contributed by atoms with Gasteiger partial charge in [-0.1, -0.05) is 53.0 Å². The molecule has 5 heteroatoms. The fraction of sp³-hybridized carbons (Fsp3) is 0.143. The molecule has 1 N–H and O–H groups in total. The number of rotatable bonds is 3. The number of amides is 1. The zero-order chi connectivity index (χ0) is 13.8. The number of carbonyl (C=O) groups excluding carboxylic acids is 1. The number of hydrogen-bond acceptors (Lipinski definition) is 2. The van der Waals surface area contributed by atoms with Gasteiger partial charge in [-0.15, -0.1) is 0 Å². The van der Waals surface area contributed by atoms with Gasteiger partial charge in [-0.2, -0.15) is 0 Å². The van der Waals surface area contributed by atoms with Crippen molar-refractivity contribution in [2.45, 2.75) is 13.5 Å². The molecule has 0 saturated heterocycles. The number of pyridine rings is 1. The van der Waals surface area contributed by atoms with Crippen molar-refractivity contribution in [3.63, 3.8) is 0 Å². The second-order valence-corrected chi connectivity index (χ2v) is 4.95. The molecule has 0 bridgehead atoms. The van der Waals surface area contributed by atoms with Crippen molar-refractivity contribution in [3.8, 4) is 0 Å². The van der Waals surface area contributed by atoms with E-state index in [-0.39, 0.29) is 16.1 Å². The summed E-state index contributed by atoms with van der Waals surface area (Å²) in [5, 5.41) is 3.32. The number of aromatic nitrogens is 1. The van der Waals surface area contributed by atoms with Crippen molar-refractivity contribution >= 4 is 29.1 Å². The van der Waals surface area contributed by atoms with Gasteiger partial charge in [0.05, 0.1) is 10.6 Å². The lowest BCUT2D eigenvalue weighted by molar-refractivity contribution is 0.0951. The lowest BCUT2D eigenvalue weighted by atomic mass is 10.1. The van der Waals surface area contributed by atoms with Crippen molar-refractivity contribution in [2.24, 2.45) is 0 Å². The quantitative estimate of drug-likeness (QED) is 0.879. The van der Waals surface area contributed by atoms with E-state index in [1.165, 1.54) is 17.8 Å². The molecule has 19 heavy (non-hydrogen) atoms. The summed E-state index contributed by atoms with van der Waals surface area (Å²) in [5.74, 6) is -0.269. The molecular weight excluding hydrogens is 283 g/mol. The number of hydrogen-bond donors (Lipinski definition) is 1. The van der Waals surface area contributed by atoms with Gasteiger partial charge >= 0.3 is 0 Å². The molecule has 0 aliphatic heterocycles. The van der Waals surface area contributed by atoms with E-state index in [1.807, 2.05) is 31.2 Å². The fourth-order valence-corrected chi connectivity index (χ4v) is 1.92. The number of carbonyl (C=O) groups is 1. The zero-order valence-corrected chi connectivity index (χ0v) is 11.8. The lowest BCUT2D eigenvalue weighted by Gasteiger charge is -2.07. The molecule has 0 atom stereocenters. The summed E-state index contributed by atoms with van der Waals surface area (Å²) in [7, 11) is 0. The van der Waals surface area contributed by atoms with Crippen LogP contribution in [0, 0.1) is 6.92 Å². The highest BCUT2D eigenvalue weighted by Crippen LogP contribution is 2.18. The second kappa shape index (κ2) is 6.04. The molecule has 3 nitrogen and oxygen atoms in total. The van der Waals surface area contributed by atoms with Gasteiger partial charge in [-0.3, -0.25) is 4.79 Å². The Hall–Kier alpha value is -1.58. The largest absolute Gasteiger partial charge is 0.348 e. The van der Waals surface area contributed by atoms with E-state index in [0.717, 1.165) is 5.56 Å². The second-order valence-electron chi connectivity index (χ2n) is 4.16. The minimum Gasteiger partial charge on any atom is -0.348 e. The van der Waals surface area contributed by atoms with Gasteiger partial charge in [0, 0.05) is 12.7 Å². The highest BCUT2D eigenvalue weighted by molar-refractivity contribution is 6.35. The molecule has 1 heterocycles. The van der Waals surface area contributed by atoms with Crippen LogP contribution in [0.25, 0.3) is 0 Å². The summed E-state index contributed by atoms with van der Waals surface area (Å²) in [6.07, 6.45) is 1.37. The fourth-order valence-electron chi connectivity index (χ4n) is 1.57. The van der Waals surface area contributed by atoms with Crippen molar-refractivity contribution < 1.29 is 4.79 Å². The first-order valence-corrected chi connectivity index (χ1v) is 6.46. The molecule has 1 aromatic carbocycles. The molecule has 0 aliphatic carbocycles. The highest BCUT2D eigenvalue weighted by atomic mass is 35.5. The van der Waals surface area contributed by atoms with E-state index < -0.39 is 0 Å². The monoisotopic (exact) mass is 294 g/mol. The minimum absolute atomic E-state index is 0.241. The van der Waals surface area contributed by atoms with Crippen LogP contribution in [0.15, 0.2) is 36.5 Å². The van der Waals surface area contributed by atoms with Crippen LogP contribution in [0.1, 0.15) is 21.5 Å². The number of aryl methyl sites for hydroxylation is 1. The molecule has 0 radical (unpaired) electrons. The van der Waals surface area contributed by atoms with Gasteiger partial charge in [0.15, 0.2) is 0 Å². The first-order valence-electron chi connectivity index (χ1n) is 5.71. The smallest absolute Gasteiger partial charge is 0.253 e. The first-order chi connectivity index (χ1) is 9.06. The van der Waals surface area contributed by atoms with Crippen LogP contribution in [0.4, 0.5) is 0 Å². The third kappa shape index (κ3) is 3.69. The predicted octanol–water partition coefficient (Wildman–Crippen LogP) is 3.63. The maximum atomic E-state index is 12.0. The van der Waals surface area contributed by atoms with Gasteiger partial charge in [0.25, 0.3) is 5.91 Å². The Morgan fingerprint density at radius 1 is 1.26 bits per heavy atom. The standard InChI is InChI=1S/C14H12Cl2N2O/c1-9-2-4-10(5-3-9)7-18-14(19)11-6-13(16)17-8-12(11)15/h2-6,8H,7H2,1H3,(H,18,19). The molecular formula is C14H12Cl2N2O. The highest BCUT2D eigenvalue weighted by Gasteiger charge is 2.11. The summed E-state index contributed by atoms with van der Waals surface area (Å²) in [6, 6.07) is 9.39. The summed E-state index contributed by atoms with van der Waals surface area (Å²) < 4.78 is 0. The van der Waals surface area contributed by atoms with E-state index in [0.29, 0.717) is 12.1 Å². The molecule has 98 valence electrons. The van der Waals surface area contributed by atoms with E-state index in [2.05, 4.69) is 10.3 Å². The van der Waals surface area contributed by atoms with Crippen LogP contribution in [-0.2, 0) is 6.54 Å². The third-order valence-electron chi connectivity index (χ3n) is 2.64. The zero-order valence-electron chi connectivity index (χ0n) is 10.3. The van der Waals surface area contributed by atoms with Crippen LogP contribution < -0.4 is 5.32 Å². The number of benzene rings is 1. The first kappa shape index (κ1) is 13.8. The summed E-state index contributed by atoms with van der Waals surface area (Å²) in [5.41, 5.74) is 2.53. The Bertz CT molecular complexity index is 597. The summed E-state index contributed by atoms with van der Waals surface area (Å²) >= 11 is 11.7. The van der Waals surface area contributed by atoms with Gasteiger partial charge in [-0.25, -0.2) is 4.98 Å². The van der Waals surface area contributed by atoms with Crippen molar-refractivity contribution in [1.29, 1.82) is 0 Å². The van der Waals surface area contributed by atoms with Crippen LogP contribution in [0.5, 0.6) is 0 Å². The van der Waals surface area contributed by atoms with Crippen molar-refractivity contribution in [1.82, 2.24) is 10.3 Å². The van der Waals surface area contributed by atoms with Gasteiger partial charge < -0.3 is 5.32 Å². The van der Waals surface area contributed by atoms with Gasteiger partial charge in [0.2, 0.25) is 0 Å². The number of nitrogens with one attached hydrogen (secondary N) is 1. The van der Waals surface area contributed by atoms with E-state index in [1.54, 1.807) is 0 Å². The maximum Gasteiger partial charge on any atom is 0.253 e. The average Bonchev–Trinajstić information content (AvgIpc) is 2.40. The SMILES string of the molecule is Cc1ccc(CNC(=O)c2cc(Cl)ncc2Cl)cc1. The Morgan fingerprint density at radius 2 is 1.95 bits per heavy atom. The predicted molar refractivity (Wildman–Crippen MR) is 76.6 cm³/mol. The van der Waals surface area contributed by atoms with Gasteiger partial charge in [-0.05, 0) is 18.6 Å². The molecule has 1 amide bonds. The molecule has 1 aromatic heterocycles. The van der Waals surface area contributed by atoms with E-state index in [4.69, 9.17) is 23.2 Å². The maximum absolute atomic E-state index is 12.0. The van der Waals surface area contributed by atoms with Crippen LogP contribution in [-0.4, -0.2) is 10.9 Å². The Labute approximate surface area is 121 Å².